The fourth-order valence-electron chi connectivity index (χ4n) is 3.02. The van der Waals surface area contributed by atoms with E-state index in [0.717, 1.165) is 5.56 Å². The molecule has 0 saturated heterocycles. The predicted molar refractivity (Wildman–Crippen MR) is 124 cm³/mol. The van der Waals surface area contributed by atoms with Crippen LogP contribution in [0.3, 0.4) is 0 Å². The Hall–Kier alpha value is -3.23. The van der Waals surface area contributed by atoms with Crippen LogP contribution in [0.15, 0.2) is 71.6 Å². The number of sulfonamides is 1. The Kier molecular flexibility index (Phi) is 7.61. The summed E-state index contributed by atoms with van der Waals surface area (Å²) >= 11 is 6.04. The number of para-hydroxylation sites is 1. The number of benzene rings is 3. The number of hydrogen-bond acceptors (Lipinski definition) is 5. The minimum absolute atomic E-state index is 0.0399. The molecule has 3 rings (SSSR count). The number of carbonyl (C=O) groups excluding carboxylic acids is 1. The van der Waals surface area contributed by atoms with Gasteiger partial charge in [-0.05, 0) is 48.4 Å². The molecule has 0 aromatic heterocycles. The molecule has 32 heavy (non-hydrogen) atoms. The van der Waals surface area contributed by atoms with Gasteiger partial charge in [-0.3, -0.25) is 9.52 Å². The van der Waals surface area contributed by atoms with E-state index in [4.69, 9.17) is 21.1 Å². The van der Waals surface area contributed by atoms with E-state index >= 15 is 0 Å². The molecule has 7 nitrogen and oxygen atoms in total. The molecule has 9 heteroatoms. The van der Waals surface area contributed by atoms with Crippen LogP contribution in [0.2, 0.25) is 5.02 Å². The minimum Gasteiger partial charge on any atom is -0.497 e. The van der Waals surface area contributed by atoms with Gasteiger partial charge in [-0.15, -0.1) is 0 Å². The maximum atomic E-state index is 12.7. The molecule has 0 unspecified atom stereocenters. The maximum absolute atomic E-state index is 12.7. The zero-order valence-electron chi connectivity index (χ0n) is 17.6. The highest BCUT2D eigenvalue weighted by Gasteiger charge is 2.17. The number of rotatable bonds is 9. The van der Waals surface area contributed by atoms with E-state index in [9.17, 15) is 13.2 Å². The van der Waals surface area contributed by atoms with Crippen molar-refractivity contribution in [2.24, 2.45) is 0 Å². The average Bonchev–Trinajstić information content (AvgIpc) is 2.80. The molecule has 0 aliphatic rings. The van der Waals surface area contributed by atoms with Crippen LogP contribution < -0.4 is 19.5 Å². The fourth-order valence-corrected chi connectivity index (χ4v) is 4.39. The predicted octanol–water partition coefficient (Wildman–Crippen LogP) is 4.13. The molecule has 0 bridgehead atoms. The molecule has 3 aromatic rings. The summed E-state index contributed by atoms with van der Waals surface area (Å²) in [4.78, 5) is 12.5. The van der Waals surface area contributed by atoms with E-state index in [1.54, 1.807) is 50.6 Å². The van der Waals surface area contributed by atoms with Crippen molar-refractivity contribution in [3.63, 3.8) is 0 Å². The molecular formula is C23H23ClN2O5S. The lowest BCUT2D eigenvalue weighted by molar-refractivity contribution is 0.0954. The van der Waals surface area contributed by atoms with Gasteiger partial charge in [-0.25, -0.2) is 8.42 Å². The number of carbonyl (C=O) groups is 1. The summed E-state index contributed by atoms with van der Waals surface area (Å²) in [5.74, 6) is 0.961. The van der Waals surface area contributed by atoms with E-state index in [0.29, 0.717) is 24.5 Å². The number of anilines is 1. The molecule has 2 N–H and O–H groups in total. The summed E-state index contributed by atoms with van der Waals surface area (Å²) in [5.41, 5.74) is 1.40. The fraction of sp³-hybridized carbons (Fsp3) is 0.174. The number of halogens is 1. The second-order valence-corrected chi connectivity index (χ2v) is 8.89. The van der Waals surface area contributed by atoms with Gasteiger partial charge in [0.05, 0.1) is 29.8 Å². The molecule has 0 saturated carbocycles. The van der Waals surface area contributed by atoms with E-state index in [2.05, 4.69) is 10.0 Å². The smallest absolute Gasteiger partial charge is 0.261 e. The monoisotopic (exact) mass is 474 g/mol. The third kappa shape index (κ3) is 5.72. The van der Waals surface area contributed by atoms with Crippen LogP contribution in [0.4, 0.5) is 5.69 Å². The van der Waals surface area contributed by atoms with Crippen LogP contribution in [0.5, 0.6) is 11.5 Å². The summed E-state index contributed by atoms with van der Waals surface area (Å²) in [7, 11) is -0.769. The second kappa shape index (κ2) is 10.4. The van der Waals surface area contributed by atoms with Crippen LogP contribution in [0.25, 0.3) is 0 Å². The number of hydrogen-bond donors (Lipinski definition) is 2. The molecule has 168 valence electrons. The van der Waals surface area contributed by atoms with Gasteiger partial charge < -0.3 is 14.8 Å². The zero-order valence-corrected chi connectivity index (χ0v) is 19.2. The highest BCUT2D eigenvalue weighted by molar-refractivity contribution is 7.92. The van der Waals surface area contributed by atoms with Crippen molar-refractivity contribution in [1.82, 2.24) is 5.32 Å². The minimum atomic E-state index is -3.91. The molecule has 0 radical (unpaired) electrons. The van der Waals surface area contributed by atoms with Crippen molar-refractivity contribution in [1.29, 1.82) is 0 Å². The first-order valence-corrected chi connectivity index (χ1v) is 11.6. The Labute approximate surface area is 192 Å². The van der Waals surface area contributed by atoms with Gasteiger partial charge in [0.25, 0.3) is 15.9 Å². The Morgan fingerprint density at radius 1 is 0.969 bits per heavy atom. The molecule has 0 aliphatic carbocycles. The topological polar surface area (TPSA) is 93.7 Å². The quantitative estimate of drug-likeness (QED) is 0.486. The van der Waals surface area contributed by atoms with Crippen molar-refractivity contribution >= 4 is 33.2 Å². The Bertz CT molecular complexity index is 1210. The van der Waals surface area contributed by atoms with Crippen molar-refractivity contribution in [2.75, 3.05) is 25.5 Å². The van der Waals surface area contributed by atoms with Gasteiger partial charge >= 0.3 is 0 Å². The summed E-state index contributed by atoms with van der Waals surface area (Å²) in [6.45, 7) is 0.344. The standard InChI is InChI=1S/C23H23ClN2O5S/c1-30-18-11-10-16(22(15-18)31-2)12-13-25-23(27)17-6-5-7-19(14-17)32(28,29)26-21-9-4-3-8-20(21)24/h3-11,14-15,26H,12-13H2,1-2H3,(H,25,27). The van der Waals surface area contributed by atoms with Crippen molar-refractivity contribution < 1.29 is 22.7 Å². The van der Waals surface area contributed by atoms with Gasteiger partial charge in [0.2, 0.25) is 0 Å². The van der Waals surface area contributed by atoms with Crippen LogP contribution in [0, 0.1) is 0 Å². The van der Waals surface area contributed by atoms with Crippen molar-refractivity contribution in [2.45, 2.75) is 11.3 Å². The molecule has 0 fully saturated rings. The molecule has 0 aliphatic heterocycles. The molecule has 0 atom stereocenters. The normalized spacial score (nSPS) is 11.0. The first-order valence-electron chi connectivity index (χ1n) is 9.70. The summed E-state index contributed by atoms with van der Waals surface area (Å²) in [6.07, 6.45) is 0.533. The Morgan fingerprint density at radius 2 is 1.75 bits per heavy atom. The molecule has 1 amide bonds. The van der Waals surface area contributed by atoms with Gasteiger partial charge in [0, 0.05) is 18.2 Å². The van der Waals surface area contributed by atoms with Crippen LogP contribution in [0.1, 0.15) is 15.9 Å². The largest absolute Gasteiger partial charge is 0.497 e. The number of methoxy groups -OCH3 is 2. The SMILES string of the molecule is COc1ccc(CCNC(=O)c2cccc(S(=O)(=O)Nc3ccccc3Cl)c2)c(OC)c1. The Morgan fingerprint density at radius 3 is 2.47 bits per heavy atom. The lowest BCUT2D eigenvalue weighted by Crippen LogP contribution is -2.26. The van der Waals surface area contributed by atoms with Gasteiger partial charge in [0.15, 0.2) is 0 Å². The highest BCUT2D eigenvalue weighted by Crippen LogP contribution is 2.25. The number of nitrogens with one attached hydrogen (secondary N) is 2. The van der Waals surface area contributed by atoms with Crippen molar-refractivity contribution in [3.05, 3.63) is 82.9 Å². The van der Waals surface area contributed by atoms with E-state index < -0.39 is 10.0 Å². The van der Waals surface area contributed by atoms with E-state index in [1.165, 1.54) is 18.2 Å². The van der Waals surface area contributed by atoms with Gasteiger partial charge in [-0.2, -0.15) is 0 Å². The lowest BCUT2D eigenvalue weighted by Gasteiger charge is -2.12. The van der Waals surface area contributed by atoms with Crippen LogP contribution in [-0.2, 0) is 16.4 Å². The molecule has 3 aromatic carbocycles. The first-order chi connectivity index (χ1) is 15.3. The number of ether oxygens (including phenoxy) is 2. The maximum Gasteiger partial charge on any atom is 0.261 e. The van der Waals surface area contributed by atoms with Crippen LogP contribution in [-0.4, -0.2) is 35.1 Å². The Balaban J connectivity index is 1.67. The van der Waals surface area contributed by atoms with E-state index in [-0.39, 0.29) is 27.1 Å². The molecule has 0 spiro atoms. The van der Waals surface area contributed by atoms with Gasteiger partial charge in [-0.1, -0.05) is 35.9 Å². The van der Waals surface area contributed by atoms with Crippen molar-refractivity contribution in [3.8, 4) is 11.5 Å². The lowest BCUT2D eigenvalue weighted by atomic mass is 10.1. The third-order valence-electron chi connectivity index (χ3n) is 4.70. The van der Waals surface area contributed by atoms with Crippen LogP contribution >= 0.6 is 11.6 Å². The third-order valence-corrected chi connectivity index (χ3v) is 6.39. The summed E-state index contributed by atoms with van der Waals surface area (Å²) < 4.78 is 38.4. The molecule has 0 heterocycles. The summed E-state index contributed by atoms with van der Waals surface area (Å²) in [6, 6.07) is 17.8. The average molecular weight is 475 g/mol. The van der Waals surface area contributed by atoms with Gasteiger partial charge in [0.1, 0.15) is 11.5 Å². The molecular weight excluding hydrogens is 452 g/mol. The first kappa shape index (κ1) is 23.4. The highest BCUT2D eigenvalue weighted by atomic mass is 35.5. The number of amides is 1. The van der Waals surface area contributed by atoms with E-state index in [1.807, 2.05) is 12.1 Å². The summed E-state index contributed by atoms with van der Waals surface area (Å²) in [5, 5.41) is 3.08. The second-order valence-electron chi connectivity index (χ2n) is 6.80. The zero-order chi connectivity index (χ0) is 23.1.